The number of hydrogen-bond acceptors (Lipinski definition) is 8. The number of fused-ring (bicyclic) bond motifs is 2. The zero-order valence-electron chi connectivity index (χ0n) is 19.8. The lowest BCUT2D eigenvalue weighted by Gasteiger charge is -2.36. The molecular weight excluding hydrogens is 434 g/mol. The Morgan fingerprint density at radius 1 is 1.09 bits per heavy atom. The lowest BCUT2D eigenvalue weighted by Crippen LogP contribution is -2.50. The molecule has 0 spiro atoms. The summed E-state index contributed by atoms with van der Waals surface area (Å²) in [6, 6.07) is 8.32. The van der Waals surface area contributed by atoms with Crippen molar-refractivity contribution in [1.29, 1.82) is 0 Å². The van der Waals surface area contributed by atoms with Crippen molar-refractivity contribution in [3.05, 3.63) is 36.2 Å². The van der Waals surface area contributed by atoms with Crippen molar-refractivity contribution in [2.24, 2.45) is 0 Å². The normalized spacial score (nSPS) is 19.3. The standard InChI is InChI=1S/C25H29N5O4/c1-14-19-11-15(18-7-8-26-22-21(18)32-9-10-33-22)5-6-20(19)30-23(27-14)28-16-12-17(13-16)29-24(31)34-25(2,3)4/h5-8,11,16-17H,9-10,12-13H2,1-4H3,(H,29,31)(H,27,28,30). The van der Waals surface area contributed by atoms with Crippen LogP contribution in [0.1, 0.15) is 39.3 Å². The summed E-state index contributed by atoms with van der Waals surface area (Å²) in [6.45, 7) is 8.55. The van der Waals surface area contributed by atoms with Crippen molar-refractivity contribution in [2.75, 3.05) is 18.5 Å². The fraction of sp³-hybridized carbons (Fsp3) is 0.440. The van der Waals surface area contributed by atoms with E-state index in [2.05, 4.69) is 26.7 Å². The van der Waals surface area contributed by atoms with Crippen molar-refractivity contribution < 1.29 is 19.0 Å². The molecule has 9 heteroatoms. The highest BCUT2D eigenvalue weighted by Gasteiger charge is 2.32. The van der Waals surface area contributed by atoms with Crippen LogP contribution in [0.25, 0.3) is 22.0 Å². The van der Waals surface area contributed by atoms with Crippen LogP contribution in [0.3, 0.4) is 0 Å². The van der Waals surface area contributed by atoms with Gasteiger partial charge >= 0.3 is 6.09 Å². The Hall–Kier alpha value is -3.62. The molecule has 2 aliphatic rings. The number of benzene rings is 1. The molecule has 34 heavy (non-hydrogen) atoms. The van der Waals surface area contributed by atoms with E-state index in [4.69, 9.17) is 19.2 Å². The van der Waals surface area contributed by atoms with Gasteiger partial charge in [-0.1, -0.05) is 6.07 Å². The van der Waals surface area contributed by atoms with Crippen LogP contribution in [0, 0.1) is 6.92 Å². The number of carbonyl (C=O) groups excluding carboxylic acids is 1. The molecule has 9 nitrogen and oxygen atoms in total. The molecule has 5 rings (SSSR count). The van der Waals surface area contributed by atoms with E-state index in [0.29, 0.717) is 30.8 Å². The zero-order chi connectivity index (χ0) is 23.9. The van der Waals surface area contributed by atoms with Crippen molar-refractivity contribution in [1.82, 2.24) is 20.3 Å². The molecule has 0 saturated heterocycles. The summed E-state index contributed by atoms with van der Waals surface area (Å²) in [5.41, 5.74) is 3.18. The number of hydrogen-bond donors (Lipinski definition) is 2. The highest BCUT2D eigenvalue weighted by molar-refractivity contribution is 5.88. The maximum atomic E-state index is 11.9. The lowest BCUT2D eigenvalue weighted by molar-refractivity contribution is 0.0475. The van der Waals surface area contributed by atoms with E-state index < -0.39 is 5.60 Å². The maximum Gasteiger partial charge on any atom is 0.407 e. The number of amides is 1. The number of ether oxygens (including phenoxy) is 3. The Labute approximate surface area is 198 Å². The van der Waals surface area contributed by atoms with Crippen molar-refractivity contribution >= 4 is 22.9 Å². The third-order valence-corrected chi connectivity index (χ3v) is 5.83. The number of rotatable bonds is 4. The van der Waals surface area contributed by atoms with Gasteiger partial charge in [-0.2, -0.15) is 0 Å². The zero-order valence-corrected chi connectivity index (χ0v) is 19.8. The second-order valence-electron chi connectivity index (χ2n) is 9.71. The predicted octanol–water partition coefficient (Wildman–Crippen LogP) is 4.24. The molecule has 0 unspecified atom stereocenters. The minimum atomic E-state index is -0.501. The quantitative estimate of drug-likeness (QED) is 0.592. The molecule has 2 aromatic heterocycles. The molecular formula is C25H29N5O4. The van der Waals surface area contributed by atoms with Crippen LogP contribution in [0.15, 0.2) is 30.5 Å². The molecule has 3 heterocycles. The largest absolute Gasteiger partial charge is 0.484 e. The van der Waals surface area contributed by atoms with E-state index in [1.807, 2.05) is 45.9 Å². The minimum absolute atomic E-state index is 0.0916. The summed E-state index contributed by atoms with van der Waals surface area (Å²) in [4.78, 5) is 25.6. The Kier molecular flexibility index (Phi) is 5.63. The summed E-state index contributed by atoms with van der Waals surface area (Å²) in [5.74, 6) is 1.79. The van der Waals surface area contributed by atoms with Gasteiger partial charge in [-0.25, -0.2) is 19.7 Å². The Bertz CT molecular complexity index is 1230. The molecule has 1 amide bonds. The molecule has 3 aromatic rings. The van der Waals surface area contributed by atoms with Crippen LogP contribution in [0.4, 0.5) is 10.7 Å². The number of nitrogens with zero attached hydrogens (tertiary/aromatic N) is 3. The summed E-state index contributed by atoms with van der Waals surface area (Å²) in [6.07, 6.45) is 2.95. The van der Waals surface area contributed by atoms with Crippen LogP contribution in [0.2, 0.25) is 0 Å². The second-order valence-corrected chi connectivity index (χ2v) is 9.71. The van der Waals surface area contributed by atoms with Crippen LogP contribution in [0.5, 0.6) is 11.6 Å². The van der Waals surface area contributed by atoms with Crippen LogP contribution >= 0.6 is 0 Å². The smallest absolute Gasteiger partial charge is 0.407 e. The first-order valence-electron chi connectivity index (χ1n) is 11.5. The molecule has 0 atom stereocenters. The fourth-order valence-corrected chi connectivity index (χ4v) is 4.20. The molecule has 1 fully saturated rings. The average molecular weight is 464 g/mol. The number of nitrogens with one attached hydrogen (secondary N) is 2. The number of aryl methyl sites for hydroxylation is 1. The molecule has 1 aromatic carbocycles. The number of anilines is 1. The molecule has 1 saturated carbocycles. The van der Waals surface area contributed by atoms with E-state index >= 15 is 0 Å². The summed E-state index contributed by atoms with van der Waals surface area (Å²) in [7, 11) is 0. The van der Waals surface area contributed by atoms with E-state index in [1.54, 1.807) is 6.20 Å². The first-order chi connectivity index (χ1) is 16.2. The van der Waals surface area contributed by atoms with E-state index in [9.17, 15) is 4.79 Å². The molecule has 0 bridgehead atoms. The number of aromatic nitrogens is 3. The first-order valence-corrected chi connectivity index (χ1v) is 11.5. The highest BCUT2D eigenvalue weighted by Crippen LogP contribution is 2.39. The van der Waals surface area contributed by atoms with Crippen molar-refractivity contribution in [3.63, 3.8) is 0 Å². The third kappa shape index (κ3) is 4.69. The summed E-state index contributed by atoms with van der Waals surface area (Å²) >= 11 is 0. The van der Waals surface area contributed by atoms with Gasteiger partial charge in [-0.05, 0) is 64.3 Å². The van der Waals surface area contributed by atoms with Gasteiger partial charge in [0.2, 0.25) is 5.95 Å². The monoisotopic (exact) mass is 463 g/mol. The van der Waals surface area contributed by atoms with Gasteiger partial charge in [0.25, 0.3) is 5.88 Å². The van der Waals surface area contributed by atoms with Gasteiger partial charge in [-0.15, -0.1) is 0 Å². The lowest BCUT2D eigenvalue weighted by atomic mass is 9.87. The molecule has 1 aliphatic carbocycles. The summed E-state index contributed by atoms with van der Waals surface area (Å²) in [5, 5.41) is 7.27. The number of alkyl carbamates (subject to hydrolysis) is 1. The molecule has 0 radical (unpaired) electrons. The topological polar surface area (TPSA) is 107 Å². The van der Waals surface area contributed by atoms with Gasteiger partial charge < -0.3 is 24.8 Å². The fourth-order valence-electron chi connectivity index (χ4n) is 4.20. The van der Waals surface area contributed by atoms with E-state index in [1.165, 1.54) is 0 Å². The van der Waals surface area contributed by atoms with Crippen LogP contribution in [-0.4, -0.2) is 51.9 Å². The third-order valence-electron chi connectivity index (χ3n) is 5.83. The Morgan fingerprint density at radius 2 is 1.88 bits per heavy atom. The van der Waals surface area contributed by atoms with Gasteiger partial charge in [0.05, 0.1) is 11.2 Å². The summed E-state index contributed by atoms with van der Waals surface area (Å²) < 4.78 is 16.8. The molecule has 2 N–H and O–H groups in total. The van der Waals surface area contributed by atoms with Crippen LogP contribution in [-0.2, 0) is 4.74 Å². The highest BCUT2D eigenvalue weighted by atomic mass is 16.6. The minimum Gasteiger partial charge on any atom is -0.484 e. The number of pyridine rings is 1. The van der Waals surface area contributed by atoms with Gasteiger partial charge in [0.1, 0.15) is 18.8 Å². The van der Waals surface area contributed by atoms with E-state index in [-0.39, 0.29) is 18.2 Å². The molecule has 178 valence electrons. The van der Waals surface area contributed by atoms with Gasteiger partial charge in [-0.3, -0.25) is 0 Å². The van der Waals surface area contributed by atoms with Crippen molar-refractivity contribution in [2.45, 2.75) is 58.2 Å². The predicted molar refractivity (Wildman–Crippen MR) is 128 cm³/mol. The maximum absolute atomic E-state index is 11.9. The van der Waals surface area contributed by atoms with Gasteiger partial charge in [0.15, 0.2) is 5.75 Å². The van der Waals surface area contributed by atoms with Crippen LogP contribution < -0.4 is 20.1 Å². The number of carbonyl (C=O) groups is 1. The Balaban J connectivity index is 1.28. The van der Waals surface area contributed by atoms with Gasteiger partial charge in [0, 0.05) is 29.2 Å². The second kappa shape index (κ2) is 8.62. The molecule has 1 aliphatic heterocycles. The Morgan fingerprint density at radius 3 is 2.68 bits per heavy atom. The average Bonchev–Trinajstić information content (AvgIpc) is 2.76. The first kappa shape index (κ1) is 22.2. The SMILES string of the molecule is Cc1nc(NC2CC(NC(=O)OC(C)(C)C)C2)nc2ccc(-c3ccnc4c3OCCO4)cc12. The van der Waals surface area contributed by atoms with E-state index in [0.717, 1.165) is 40.6 Å². The van der Waals surface area contributed by atoms with Crippen molar-refractivity contribution in [3.8, 4) is 22.8 Å².